The van der Waals surface area contributed by atoms with Crippen LogP contribution in [-0.2, 0) is 0 Å². The first-order valence-corrected chi connectivity index (χ1v) is 5.93. The summed E-state index contributed by atoms with van der Waals surface area (Å²) >= 11 is 0. The molecule has 0 heterocycles. The zero-order valence-corrected chi connectivity index (χ0v) is 11.1. The normalized spacial score (nSPS) is 12.0. The first-order valence-electron chi connectivity index (χ1n) is 5.93. The largest absolute Gasteiger partial charge is 0.352 e. The van der Waals surface area contributed by atoms with Gasteiger partial charge < -0.3 is 10.6 Å². The summed E-state index contributed by atoms with van der Waals surface area (Å²) in [5.74, 6) is -3.55. The molecule has 0 aliphatic heterocycles. The fourth-order valence-electron chi connectivity index (χ4n) is 1.67. The van der Waals surface area contributed by atoms with Crippen molar-refractivity contribution in [2.45, 2.75) is 6.92 Å². The Labute approximate surface area is 114 Å². The van der Waals surface area contributed by atoms with E-state index in [1.54, 1.807) is 7.05 Å². The number of nitrogens with one attached hydrogen (secondary N) is 2. The van der Waals surface area contributed by atoms with Gasteiger partial charge >= 0.3 is 5.69 Å². The van der Waals surface area contributed by atoms with Crippen molar-refractivity contribution in [3.05, 3.63) is 39.4 Å². The van der Waals surface area contributed by atoms with Gasteiger partial charge in [-0.2, -0.15) is 4.39 Å². The number of carbonyl (C=O) groups excluding carboxylic acids is 1. The van der Waals surface area contributed by atoms with Crippen LogP contribution in [0.5, 0.6) is 0 Å². The lowest BCUT2D eigenvalue weighted by Gasteiger charge is -2.12. The van der Waals surface area contributed by atoms with Gasteiger partial charge in [0.2, 0.25) is 5.82 Å². The van der Waals surface area contributed by atoms with Crippen LogP contribution < -0.4 is 10.6 Å². The molecule has 0 aliphatic rings. The van der Waals surface area contributed by atoms with Gasteiger partial charge in [0.1, 0.15) is 11.4 Å². The van der Waals surface area contributed by atoms with Crippen LogP contribution in [-0.4, -0.2) is 31.0 Å². The van der Waals surface area contributed by atoms with Crippen molar-refractivity contribution in [1.82, 2.24) is 10.6 Å². The lowest BCUT2D eigenvalue weighted by atomic mass is 10.1. The minimum Gasteiger partial charge on any atom is -0.352 e. The van der Waals surface area contributed by atoms with E-state index in [2.05, 4.69) is 10.6 Å². The summed E-state index contributed by atoms with van der Waals surface area (Å²) in [6, 6.07) is 1.39. The Kier molecular flexibility index (Phi) is 5.51. The maximum Gasteiger partial charge on any atom is 0.305 e. The molecule has 0 aliphatic carbocycles. The molecule has 0 saturated carbocycles. The number of carbonyl (C=O) groups is 1. The van der Waals surface area contributed by atoms with Crippen LogP contribution in [0, 0.1) is 27.7 Å². The Morgan fingerprint density at radius 3 is 2.60 bits per heavy atom. The van der Waals surface area contributed by atoms with E-state index in [0.29, 0.717) is 18.7 Å². The van der Waals surface area contributed by atoms with Gasteiger partial charge in [-0.1, -0.05) is 6.92 Å². The summed E-state index contributed by atoms with van der Waals surface area (Å²) in [4.78, 5) is 21.3. The molecule has 1 aromatic rings. The second-order valence-electron chi connectivity index (χ2n) is 4.39. The zero-order chi connectivity index (χ0) is 15.3. The monoisotopic (exact) mass is 287 g/mol. The minimum atomic E-state index is -1.46. The van der Waals surface area contributed by atoms with Gasteiger partial charge in [-0.15, -0.1) is 0 Å². The highest BCUT2D eigenvalue weighted by atomic mass is 19.1. The number of nitro groups is 1. The van der Waals surface area contributed by atoms with Crippen LogP contribution in [0.1, 0.15) is 17.3 Å². The Bertz CT molecular complexity index is 523. The fraction of sp³-hybridized carbons (Fsp3) is 0.417. The van der Waals surface area contributed by atoms with Crippen molar-refractivity contribution in [2.24, 2.45) is 5.92 Å². The molecule has 1 aromatic carbocycles. The average Bonchev–Trinajstić information content (AvgIpc) is 2.36. The fourth-order valence-corrected chi connectivity index (χ4v) is 1.67. The number of nitrogens with zero attached hydrogens (tertiary/aromatic N) is 1. The van der Waals surface area contributed by atoms with Gasteiger partial charge in [0.05, 0.1) is 4.92 Å². The Balaban J connectivity index is 2.92. The molecular weight excluding hydrogens is 272 g/mol. The van der Waals surface area contributed by atoms with Crippen molar-refractivity contribution < 1.29 is 18.5 Å². The molecule has 2 N–H and O–H groups in total. The van der Waals surface area contributed by atoms with Gasteiger partial charge in [-0.3, -0.25) is 14.9 Å². The maximum atomic E-state index is 13.8. The van der Waals surface area contributed by atoms with E-state index < -0.39 is 33.7 Å². The van der Waals surface area contributed by atoms with Gasteiger partial charge in [-0.05, 0) is 25.6 Å². The van der Waals surface area contributed by atoms with Crippen molar-refractivity contribution in [2.75, 3.05) is 20.1 Å². The molecular formula is C12H15F2N3O3. The average molecular weight is 287 g/mol. The molecule has 1 amide bonds. The Morgan fingerprint density at radius 2 is 2.05 bits per heavy atom. The van der Waals surface area contributed by atoms with Crippen LogP contribution in [0.3, 0.4) is 0 Å². The summed E-state index contributed by atoms with van der Waals surface area (Å²) < 4.78 is 27.2. The summed E-state index contributed by atoms with van der Waals surface area (Å²) in [5, 5.41) is 15.8. The number of halogens is 2. The standard InChI is InChI=1S/C12H15F2N3O3/c1-7(5-15-2)6-16-12(18)10-8(13)3-4-9(11(10)14)17(19)20/h3-4,7,15H,5-6H2,1-2H3,(H,16,18). The highest BCUT2D eigenvalue weighted by molar-refractivity contribution is 5.95. The van der Waals surface area contributed by atoms with E-state index in [4.69, 9.17) is 0 Å². The number of rotatable bonds is 6. The minimum absolute atomic E-state index is 0.0498. The number of hydrogen-bond acceptors (Lipinski definition) is 4. The molecule has 6 nitrogen and oxygen atoms in total. The summed E-state index contributed by atoms with van der Waals surface area (Å²) in [6.07, 6.45) is 0. The van der Waals surface area contributed by atoms with E-state index in [9.17, 15) is 23.7 Å². The predicted octanol–water partition coefficient (Wildman–Crippen LogP) is 1.46. The van der Waals surface area contributed by atoms with Crippen LogP contribution in [0.4, 0.5) is 14.5 Å². The Morgan fingerprint density at radius 1 is 1.40 bits per heavy atom. The van der Waals surface area contributed by atoms with E-state index >= 15 is 0 Å². The molecule has 110 valence electrons. The second-order valence-corrected chi connectivity index (χ2v) is 4.39. The lowest BCUT2D eigenvalue weighted by molar-refractivity contribution is -0.387. The van der Waals surface area contributed by atoms with Crippen LogP contribution in [0.2, 0.25) is 0 Å². The molecule has 0 spiro atoms. The third-order valence-corrected chi connectivity index (χ3v) is 2.66. The number of benzene rings is 1. The topological polar surface area (TPSA) is 84.3 Å². The Hall–Kier alpha value is -2.09. The van der Waals surface area contributed by atoms with Crippen LogP contribution in [0.15, 0.2) is 12.1 Å². The first-order chi connectivity index (χ1) is 9.38. The molecule has 1 atom stereocenters. The third-order valence-electron chi connectivity index (χ3n) is 2.66. The third kappa shape index (κ3) is 3.70. The molecule has 8 heteroatoms. The maximum absolute atomic E-state index is 13.8. The van der Waals surface area contributed by atoms with E-state index in [0.717, 1.165) is 0 Å². The highest BCUT2D eigenvalue weighted by Crippen LogP contribution is 2.22. The number of amides is 1. The SMILES string of the molecule is CNCC(C)CNC(=O)c1c(F)ccc([N+](=O)[O-])c1F. The first kappa shape index (κ1) is 16.0. The van der Waals surface area contributed by atoms with Gasteiger partial charge in [0.15, 0.2) is 0 Å². The van der Waals surface area contributed by atoms with Gasteiger partial charge in [-0.25, -0.2) is 4.39 Å². The predicted molar refractivity (Wildman–Crippen MR) is 68.4 cm³/mol. The highest BCUT2D eigenvalue weighted by Gasteiger charge is 2.26. The second kappa shape index (κ2) is 6.90. The van der Waals surface area contributed by atoms with Crippen LogP contribution >= 0.6 is 0 Å². The molecule has 1 unspecified atom stereocenters. The summed E-state index contributed by atoms with van der Waals surface area (Å²) in [7, 11) is 1.73. The molecule has 20 heavy (non-hydrogen) atoms. The number of hydrogen-bond donors (Lipinski definition) is 2. The lowest BCUT2D eigenvalue weighted by Crippen LogP contribution is -2.33. The summed E-state index contributed by atoms with van der Waals surface area (Å²) in [6.45, 7) is 2.64. The van der Waals surface area contributed by atoms with Gasteiger partial charge in [0.25, 0.3) is 5.91 Å². The van der Waals surface area contributed by atoms with Crippen molar-refractivity contribution >= 4 is 11.6 Å². The molecule has 1 rings (SSSR count). The quantitative estimate of drug-likeness (QED) is 0.613. The zero-order valence-electron chi connectivity index (χ0n) is 11.1. The number of nitro benzene ring substituents is 1. The van der Waals surface area contributed by atoms with Crippen LogP contribution in [0.25, 0.3) is 0 Å². The van der Waals surface area contributed by atoms with E-state index in [1.165, 1.54) is 0 Å². The smallest absolute Gasteiger partial charge is 0.305 e. The van der Waals surface area contributed by atoms with Crippen molar-refractivity contribution in [3.8, 4) is 0 Å². The summed E-state index contributed by atoms with van der Waals surface area (Å²) in [5.41, 5.74) is -1.87. The molecule has 0 saturated heterocycles. The molecule has 0 fully saturated rings. The molecule has 0 radical (unpaired) electrons. The van der Waals surface area contributed by atoms with Gasteiger partial charge in [0, 0.05) is 12.6 Å². The van der Waals surface area contributed by atoms with E-state index in [1.807, 2.05) is 6.92 Å². The van der Waals surface area contributed by atoms with E-state index in [-0.39, 0.29) is 12.5 Å². The molecule has 0 aromatic heterocycles. The molecule has 0 bridgehead atoms. The van der Waals surface area contributed by atoms with Crippen molar-refractivity contribution in [1.29, 1.82) is 0 Å². The van der Waals surface area contributed by atoms with Crippen molar-refractivity contribution in [3.63, 3.8) is 0 Å².